The molecule has 15 heavy (non-hydrogen) atoms. The highest BCUT2D eigenvalue weighted by Gasteiger charge is 2.26. The van der Waals surface area contributed by atoms with Crippen LogP contribution in [0.15, 0.2) is 10.8 Å². The summed E-state index contributed by atoms with van der Waals surface area (Å²) in [5.74, 6) is -0.226. The second kappa shape index (κ2) is 4.45. The predicted molar refractivity (Wildman–Crippen MR) is 60.3 cm³/mol. The Hall–Kier alpha value is -1.34. The molecular weight excluding hydrogens is 208 g/mol. The molecule has 0 aromatic carbocycles. The van der Waals surface area contributed by atoms with Gasteiger partial charge in [-0.2, -0.15) is 16.6 Å². The van der Waals surface area contributed by atoms with E-state index < -0.39 is 5.41 Å². The third-order valence-corrected chi connectivity index (χ3v) is 3.16. The van der Waals surface area contributed by atoms with Crippen molar-refractivity contribution in [2.45, 2.75) is 27.3 Å². The summed E-state index contributed by atoms with van der Waals surface area (Å²) < 4.78 is 0. The van der Waals surface area contributed by atoms with E-state index in [-0.39, 0.29) is 5.91 Å². The molecule has 0 aliphatic rings. The van der Waals surface area contributed by atoms with Gasteiger partial charge in [0.1, 0.15) is 5.41 Å². The number of nitrogens with zero attached hydrogens (tertiary/aromatic N) is 1. The van der Waals surface area contributed by atoms with Crippen LogP contribution in [0.5, 0.6) is 0 Å². The summed E-state index contributed by atoms with van der Waals surface area (Å²) in [6, 6.07) is 1.98. The zero-order chi connectivity index (χ0) is 11.5. The van der Waals surface area contributed by atoms with Crippen molar-refractivity contribution in [2.75, 3.05) is 0 Å². The maximum atomic E-state index is 11.6. The van der Waals surface area contributed by atoms with E-state index in [2.05, 4.69) is 5.32 Å². The predicted octanol–water partition coefficient (Wildman–Crippen LogP) is 2.22. The van der Waals surface area contributed by atoms with Gasteiger partial charge in [0.15, 0.2) is 0 Å². The minimum absolute atomic E-state index is 0.226. The van der Waals surface area contributed by atoms with Gasteiger partial charge in [-0.15, -0.1) is 0 Å². The van der Waals surface area contributed by atoms with Crippen LogP contribution in [0, 0.1) is 23.7 Å². The van der Waals surface area contributed by atoms with Gasteiger partial charge in [-0.3, -0.25) is 4.79 Å². The Kier molecular flexibility index (Phi) is 3.48. The monoisotopic (exact) mass is 222 g/mol. The molecule has 0 fully saturated rings. The highest BCUT2D eigenvalue weighted by molar-refractivity contribution is 7.08. The minimum atomic E-state index is -0.954. The average molecular weight is 222 g/mol. The largest absolute Gasteiger partial charge is 0.351 e. The molecule has 0 atom stereocenters. The van der Waals surface area contributed by atoms with Crippen molar-refractivity contribution < 1.29 is 4.79 Å². The van der Waals surface area contributed by atoms with E-state index in [1.807, 2.05) is 23.8 Å². The first-order valence-corrected chi connectivity index (χ1v) is 5.63. The quantitative estimate of drug-likeness (QED) is 0.852. The fourth-order valence-electron chi connectivity index (χ4n) is 1.02. The van der Waals surface area contributed by atoms with Crippen molar-refractivity contribution in [3.05, 3.63) is 21.9 Å². The van der Waals surface area contributed by atoms with E-state index in [0.717, 1.165) is 5.56 Å². The number of amides is 1. The van der Waals surface area contributed by atoms with Crippen molar-refractivity contribution in [1.29, 1.82) is 5.26 Å². The molecule has 0 aliphatic carbocycles. The zero-order valence-corrected chi connectivity index (χ0v) is 9.94. The van der Waals surface area contributed by atoms with Gasteiger partial charge in [0.05, 0.1) is 6.07 Å². The van der Waals surface area contributed by atoms with E-state index in [1.165, 1.54) is 5.56 Å². The molecule has 1 aromatic rings. The Morgan fingerprint density at radius 3 is 2.73 bits per heavy atom. The smallest absolute Gasteiger partial charge is 0.240 e. The summed E-state index contributed by atoms with van der Waals surface area (Å²) in [6.07, 6.45) is 0. The number of hydrogen-bond acceptors (Lipinski definition) is 3. The number of nitriles is 1. The first-order valence-electron chi connectivity index (χ1n) is 4.68. The van der Waals surface area contributed by atoms with Crippen molar-refractivity contribution >= 4 is 17.2 Å². The standard InChI is InChI=1S/C11H14N2OS/c1-8-5-15-6-9(8)4-13-10(14)11(2,3)7-12/h5-6H,4H2,1-3H3,(H,13,14). The highest BCUT2D eigenvalue weighted by Crippen LogP contribution is 2.16. The van der Waals surface area contributed by atoms with Gasteiger partial charge in [-0.1, -0.05) is 0 Å². The maximum Gasteiger partial charge on any atom is 0.240 e. The molecule has 0 unspecified atom stereocenters. The van der Waals surface area contributed by atoms with E-state index in [1.54, 1.807) is 25.2 Å². The average Bonchev–Trinajstić information content (AvgIpc) is 2.60. The molecule has 0 saturated carbocycles. The molecule has 3 nitrogen and oxygen atoms in total. The van der Waals surface area contributed by atoms with Gasteiger partial charge >= 0.3 is 0 Å². The molecule has 4 heteroatoms. The number of carbonyl (C=O) groups is 1. The van der Waals surface area contributed by atoms with Crippen molar-refractivity contribution in [1.82, 2.24) is 5.32 Å². The van der Waals surface area contributed by atoms with E-state index in [9.17, 15) is 4.79 Å². The van der Waals surface area contributed by atoms with Gasteiger partial charge in [0.25, 0.3) is 0 Å². The number of thiophene rings is 1. The molecule has 1 aromatic heterocycles. The van der Waals surface area contributed by atoms with Crippen LogP contribution in [0.4, 0.5) is 0 Å². The van der Waals surface area contributed by atoms with Crippen LogP contribution < -0.4 is 5.32 Å². The van der Waals surface area contributed by atoms with Gasteiger partial charge in [0.2, 0.25) is 5.91 Å². The summed E-state index contributed by atoms with van der Waals surface area (Å²) in [7, 11) is 0. The highest BCUT2D eigenvalue weighted by atomic mass is 32.1. The number of carbonyl (C=O) groups excluding carboxylic acids is 1. The van der Waals surface area contributed by atoms with Crippen LogP contribution in [0.3, 0.4) is 0 Å². The molecule has 0 radical (unpaired) electrons. The summed E-state index contributed by atoms with van der Waals surface area (Å²) in [6.45, 7) is 5.73. The second-order valence-electron chi connectivity index (χ2n) is 4.00. The van der Waals surface area contributed by atoms with Gasteiger partial charge in [-0.25, -0.2) is 0 Å². The number of aryl methyl sites for hydroxylation is 1. The second-order valence-corrected chi connectivity index (χ2v) is 4.74. The lowest BCUT2D eigenvalue weighted by molar-refractivity contribution is -0.126. The Morgan fingerprint density at radius 2 is 2.27 bits per heavy atom. The van der Waals surface area contributed by atoms with Crippen LogP contribution in [-0.4, -0.2) is 5.91 Å². The van der Waals surface area contributed by atoms with Gasteiger partial charge < -0.3 is 5.32 Å². The fourth-order valence-corrected chi connectivity index (χ4v) is 1.87. The normalized spacial score (nSPS) is 10.8. The molecule has 1 N–H and O–H groups in total. The van der Waals surface area contributed by atoms with E-state index in [0.29, 0.717) is 6.54 Å². The lowest BCUT2D eigenvalue weighted by Gasteiger charge is -2.14. The molecule has 0 spiro atoms. The number of rotatable bonds is 3. The maximum absolute atomic E-state index is 11.6. The third kappa shape index (κ3) is 2.80. The van der Waals surface area contributed by atoms with Crippen molar-refractivity contribution in [3.63, 3.8) is 0 Å². The molecule has 1 heterocycles. The van der Waals surface area contributed by atoms with E-state index in [4.69, 9.17) is 5.26 Å². The SMILES string of the molecule is Cc1cscc1CNC(=O)C(C)(C)C#N. The first-order chi connectivity index (χ1) is 6.97. The molecule has 0 aliphatic heterocycles. The van der Waals surface area contributed by atoms with Crippen LogP contribution in [0.25, 0.3) is 0 Å². The zero-order valence-electron chi connectivity index (χ0n) is 9.13. The summed E-state index contributed by atoms with van der Waals surface area (Å²) in [5, 5.41) is 15.6. The molecule has 0 bridgehead atoms. The molecule has 80 valence electrons. The van der Waals surface area contributed by atoms with Crippen molar-refractivity contribution in [2.24, 2.45) is 5.41 Å². The molecule has 1 rings (SSSR count). The third-order valence-electron chi connectivity index (χ3n) is 2.25. The Labute approximate surface area is 93.7 Å². The molecular formula is C11H14N2OS. The lowest BCUT2D eigenvalue weighted by atomic mass is 9.95. The van der Waals surface area contributed by atoms with Crippen LogP contribution in [-0.2, 0) is 11.3 Å². The molecule has 0 saturated heterocycles. The number of hydrogen-bond donors (Lipinski definition) is 1. The summed E-state index contributed by atoms with van der Waals surface area (Å²) in [5.41, 5.74) is 1.33. The van der Waals surface area contributed by atoms with Crippen molar-refractivity contribution in [3.8, 4) is 6.07 Å². The minimum Gasteiger partial charge on any atom is -0.351 e. The lowest BCUT2D eigenvalue weighted by Crippen LogP contribution is -2.35. The Balaban J connectivity index is 2.56. The van der Waals surface area contributed by atoms with Gasteiger partial charge in [0, 0.05) is 6.54 Å². The van der Waals surface area contributed by atoms with Crippen LogP contribution >= 0.6 is 11.3 Å². The first kappa shape index (κ1) is 11.7. The summed E-state index contributed by atoms with van der Waals surface area (Å²) >= 11 is 1.61. The van der Waals surface area contributed by atoms with Crippen LogP contribution in [0.2, 0.25) is 0 Å². The van der Waals surface area contributed by atoms with Gasteiger partial charge in [-0.05, 0) is 42.7 Å². The van der Waals surface area contributed by atoms with Crippen LogP contribution in [0.1, 0.15) is 25.0 Å². The fraction of sp³-hybridized carbons (Fsp3) is 0.455. The summed E-state index contributed by atoms with van der Waals surface area (Å²) in [4.78, 5) is 11.6. The Bertz CT molecular complexity index is 401. The Morgan fingerprint density at radius 1 is 1.60 bits per heavy atom. The number of nitrogens with one attached hydrogen (secondary N) is 1. The van der Waals surface area contributed by atoms with E-state index >= 15 is 0 Å². The molecule has 1 amide bonds. The topological polar surface area (TPSA) is 52.9 Å².